The third kappa shape index (κ3) is 3.48. The van der Waals surface area contributed by atoms with Crippen LogP contribution in [-0.2, 0) is 0 Å². The second kappa shape index (κ2) is 5.68. The van der Waals surface area contributed by atoms with Gasteiger partial charge in [-0.15, -0.1) is 0 Å². The van der Waals surface area contributed by atoms with Gasteiger partial charge >= 0.3 is 0 Å². The molecule has 1 aliphatic carbocycles. The number of β-amino-alcohol motifs (C(OH)–C–C–N with tert-alkyl or cyclic N) is 1. The van der Waals surface area contributed by atoms with Gasteiger partial charge in [0.05, 0.1) is 6.10 Å². The van der Waals surface area contributed by atoms with E-state index in [2.05, 4.69) is 37.7 Å². The Morgan fingerprint density at radius 2 is 2.05 bits per heavy atom. The van der Waals surface area contributed by atoms with E-state index in [9.17, 15) is 5.11 Å². The van der Waals surface area contributed by atoms with Crippen molar-refractivity contribution in [1.29, 1.82) is 0 Å². The minimum atomic E-state index is -0.157. The molecule has 4 nitrogen and oxygen atoms in total. The molecule has 0 amide bonds. The first-order valence-electron chi connectivity index (χ1n) is 7.62. The number of likely N-dealkylation sites (N-methyl/N-ethyl adjacent to an activating group) is 1. The topological polar surface area (TPSA) is 52.7 Å². The molecule has 19 heavy (non-hydrogen) atoms. The highest BCUT2D eigenvalue weighted by Crippen LogP contribution is 2.40. The molecule has 4 unspecified atom stereocenters. The lowest BCUT2D eigenvalue weighted by atomic mass is 9.85. The van der Waals surface area contributed by atoms with E-state index in [0.717, 1.165) is 26.1 Å². The number of aliphatic hydroxyl groups is 1. The molecule has 0 aromatic rings. The first kappa shape index (κ1) is 15.2. The van der Waals surface area contributed by atoms with Crippen LogP contribution in [0.5, 0.6) is 0 Å². The van der Waals surface area contributed by atoms with Crippen LogP contribution in [0.3, 0.4) is 0 Å². The van der Waals surface area contributed by atoms with Crippen molar-refractivity contribution in [2.75, 3.05) is 33.7 Å². The molecule has 0 spiro atoms. The van der Waals surface area contributed by atoms with Crippen LogP contribution < -0.4 is 5.73 Å². The quantitative estimate of drug-likeness (QED) is 0.791. The molecule has 2 aliphatic rings. The zero-order chi connectivity index (χ0) is 14.2. The zero-order valence-electron chi connectivity index (χ0n) is 13.0. The monoisotopic (exact) mass is 269 g/mol. The van der Waals surface area contributed by atoms with E-state index in [1.54, 1.807) is 0 Å². The summed E-state index contributed by atoms with van der Waals surface area (Å²) in [5, 5.41) is 9.93. The van der Waals surface area contributed by atoms with E-state index in [0.29, 0.717) is 18.0 Å². The fraction of sp³-hybridized carbons (Fsp3) is 1.00. The van der Waals surface area contributed by atoms with Crippen LogP contribution in [0.25, 0.3) is 0 Å². The molecule has 0 aromatic heterocycles. The van der Waals surface area contributed by atoms with E-state index < -0.39 is 0 Å². The molecule has 2 rings (SSSR count). The molecule has 0 bridgehead atoms. The summed E-state index contributed by atoms with van der Waals surface area (Å²) in [5.74, 6) is 0.588. The summed E-state index contributed by atoms with van der Waals surface area (Å²) in [6, 6.07) is 0.783. The van der Waals surface area contributed by atoms with Gasteiger partial charge in [0.2, 0.25) is 0 Å². The number of aliphatic hydroxyl groups excluding tert-OH is 1. The standard InChI is InChI=1S/C15H31N3O/c1-15(2)6-5-11(14(15)16)8-18-10-13(19)7-12(18)9-17(3)4/h11-14,19H,5-10,16H2,1-4H3. The molecule has 3 N–H and O–H groups in total. The predicted octanol–water partition coefficient (Wildman–Crippen LogP) is 0.747. The first-order chi connectivity index (χ1) is 8.79. The van der Waals surface area contributed by atoms with Crippen LogP contribution in [0, 0.1) is 11.3 Å². The SMILES string of the molecule is CN(C)CC1CC(O)CN1CC1CCC(C)(C)C1N. The van der Waals surface area contributed by atoms with Crippen LogP contribution in [0.2, 0.25) is 0 Å². The van der Waals surface area contributed by atoms with E-state index >= 15 is 0 Å². The first-order valence-corrected chi connectivity index (χ1v) is 7.62. The second-order valence-electron chi connectivity index (χ2n) is 7.57. The molecular weight excluding hydrogens is 238 g/mol. The van der Waals surface area contributed by atoms with Gasteiger partial charge in [-0.25, -0.2) is 0 Å². The van der Waals surface area contributed by atoms with Crippen molar-refractivity contribution < 1.29 is 5.11 Å². The summed E-state index contributed by atoms with van der Waals surface area (Å²) in [6.45, 7) is 7.48. The Hall–Kier alpha value is -0.160. The van der Waals surface area contributed by atoms with Crippen molar-refractivity contribution in [1.82, 2.24) is 9.80 Å². The van der Waals surface area contributed by atoms with Gasteiger partial charge in [0.15, 0.2) is 0 Å². The van der Waals surface area contributed by atoms with Gasteiger partial charge in [0.1, 0.15) is 0 Å². The highest BCUT2D eigenvalue weighted by atomic mass is 16.3. The lowest BCUT2D eigenvalue weighted by Crippen LogP contribution is -2.45. The lowest BCUT2D eigenvalue weighted by Gasteiger charge is -2.32. The van der Waals surface area contributed by atoms with Crippen LogP contribution >= 0.6 is 0 Å². The van der Waals surface area contributed by atoms with Gasteiger partial charge in [-0.2, -0.15) is 0 Å². The summed E-state index contributed by atoms with van der Waals surface area (Å²) in [5.41, 5.74) is 6.69. The van der Waals surface area contributed by atoms with Crippen molar-refractivity contribution in [2.24, 2.45) is 17.1 Å². The predicted molar refractivity (Wildman–Crippen MR) is 79.0 cm³/mol. The number of nitrogens with two attached hydrogens (primary N) is 1. The van der Waals surface area contributed by atoms with Crippen molar-refractivity contribution in [3.8, 4) is 0 Å². The number of hydrogen-bond acceptors (Lipinski definition) is 4. The Balaban J connectivity index is 1.94. The minimum absolute atomic E-state index is 0.157. The second-order valence-corrected chi connectivity index (χ2v) is 7.57. The summed E-state index contributed by atoms with van der Waals surface area (Å²) >= 11 is 0. The van der Waals surface area contributed by atoms with Crippen molar-refractivity contribution >= 4 is 0 Å². The van der Waals surface area contributed by atoms with E-state index in [1.165, 1.54) is 12.8 Å². The molecule has 1 saturated carbocycles. The largest absolute Gasteiger partial charge is 0.392 e. The fourth-order valence-electron chi connectivity index (χ4n) is 3.84. The summed E-state index contributed by atoms with van der Waals surface area (Å²) in [6.07, 6.45) is 3.21. The van der Waals surface area contributed by atoms with Crippen molar-refractivity contribution in [3.05, 3.63) is 0 Å². The highest BCUT2D eigenvalue weighted by Gasteiger charge is 2.42. The average Bonchev–Trinajstić information content (AvgIpc) is 2.73. The molecule has 2 fully saturated rings. The highest BCUT2D eigenvalue weighted by molar-refractivity contribution is 4.97. The van der Waals surface area contributed by atoms with Crippen LogP contribution in [0.1, 0.15) is 33.1 Å². The lowest BCUT2D eigenvalue weighted by molar-refractivity contribution is 0.151. The maximum atomic E-state index is 9.93. The van der Waals surface area contributed by atoms with Gasteiger partial charge in [-0.05, 0) is 44.7 Å². The molecule has 112 valence electrons. The van der Waals surface area contributed by atoms with Crippen LogP contribution in [-0.4, -0.2) is 66.8 Å². The van der Waals surface area contributed by atoms with Gasteiger partial charge < -0.3 is 15.7 Å². The summed E-state index contributed by atoms with van der Waals surface area (Å²) in [7, 11) is 4.21. The maximum absolute atomic E-state index is 9.93. The summed E-state index contributed by atoms with van der Waals surface area (Å²) in [4.78, 5) is 4.69. The molecule has 1 aliphatic heterocycles. The number of likely N-dealkylation sites (tertiary alicyclic amines) is 1. The van der Waals surface area contributed by atoms with E-state index in [-0.39, 0.29) is 11.5 Å². The zero-order valence-corrected chi connectivity index (χ0v) is 13.0. The number of rotatable bonds is 4. The van der Waals surface area contributed by atoms with Gasteiger partial charge in [-0.3, -0.25) is 4.90 Å². The number of hydrogen-bond donors (Lipinski definition) is 2. The normalized spacial score (nSPS) is 39.3. The Bertz CT molecular complexity index is 306. The molecule has 4 atom stereocenters. The third-order valence-corrected chi connectivity index (χ3v) is 5.12. The van der Waals surface area contributed by atoms with Crippen LogP contribution in [0.4, 0.5) is 0 Å². The minimum Gasteiger partial charge on any atom is -0.392 e. The molecule has 0 aromatic carbocycles. The Morgan fingerprint density at radius 1 is 1.37 bits per heavy atom. The van der Waals surface area contributed by atoms with Crippen LogP contribution in [0.15, 0.2) is 0 Å². The average molecular weight is 269 g/mol. The number of nitrogens with zero attached hydrogens (tertiary/aromatic N) is 2. The Kier molecular flexibility index (Phi) is 4.56. The Labute approximate surface area is 117 Å². The smallest absolute Gasteiger partial charge is 0.0682 e. The molecule has 4 heteroatoms. The van der Waals surface area contributed by atoms with E-state index in [4.69, 9.17) is 5.73 Å². The summed E-state index contributed by atoms with van der Waals surface area (Å²) < 4.78 is 0. The molecular formula is C15H31N3O. The molecule has 0 radical (unpaired) electrons. The van der Waals surface area contributed by atoms with Gasteiger partial charge in [-0.1, -0.05) is 13.8 Å². The Morgan fingerprint density at radius 3 is 2.58 bits per heavy atom. The molecule has 1 saturated heterocycles. The van der Waals surface area contributed by atoms with Gasteiger partial charge in [0.25, 0.3) is 0 Å². The molecule has 1 heterocycles. The van der Waals surface area contributed by atoms with Crippen molar-refractivity contribution in [3.63, 3.8) is 0 Å². The van der Waals surface area contributed by atoms with E-state index in [1.807, 2.05) is 0 Å². The maximum Gasteiger partial charge on any atom is 0.0682 e. The van der Waals surface area contributed by atoms with Crippen molar-refractivity contribution in [2.45, 2.75) is 51.3 Å². The fourth-order valence-corrected chi connectivity index (χ4v) is 3.84. The third-order valence-electron chi connectivity index (χ3n) is 5.12. The van der Waals surface area contributed by atoms with Gasteiger partial charge in [0, 0.05) is 31.7 Å².